The smallest absolute Gasteiger partial charge is 0.272 e. The van der Waals surface area contributed by atoms with Crippen LogP contribution in [-0.4, -0.2) is 58.9 Å². The van der Waals surface area contributed by atoms with E-state index in [1.165, 1.54) is 17.3 Å². The van der Waals surface area contributed by atoms with Crippen molar-refractivity contribution in [2.24, 2.45) is 0 Å². The van der Waals surface area contributed by atoms with E-state index in [0.29, 0.717) is 10.9 Å². The summed E-state index contributed by atoms with van der Waals surface area (Å²) in [6, 6.07) is 3.73. The number of carbonyl (C=O) groups excluding carboxylic acids is 1. The van der Waals surface area contributed by atoms with Gasteiger partial charge in [-0.05, 0) is 12.1 Å². The number of pyridine rings is 1. The third-order valence-corrected chi connectivity index (χ3v) is 5.65. The number of nitrogens with one attached hydrogen (secondary N) is 1. The van der Waals surface area contributed by atoms with Crippen LogP contribution in [0.25, 0.3) is 0 Å². The maximum absolute atomic E-state index is 11.8. The van der Waals surface area contributed by atoms with E-state index in [0.717, 1.165) is 12.2 Å². The highest BCUT2D eigenvalue weighted by Crippen LogP contribution is 2.24. The SMILES string of the molecule is CN(C)C(=O)c1cc(NCC2CSCCS2)ccn1. The van der Waals surface area contributed by atoms with E-state index in [1.807, 2.05) is 35.7 Å². The van der Waals surface area contributed by atoms with Gasteiger partial charge in [0.2, 0.25) is 0 Å². The van der Waals surface area contributed by atoms with E-state index < -0.39 is 0 Å². The van der Waals surface area contributed by atoms with Crippen LogP contribution in [0.2, 0.25) is 0 Å². The van der Waals surface area contributed by atoms with Gasteiger partial charge in [-0.2, -0.15) is 23.5 Å². The van der Waals surface area contributed by atoms with E-state index in [4.69, 9.17) is 0 Å². The Kier molecular flexibility index (Phi) is 5.39. The summed E-state index contributed by atoms with van der Waals surface area (Å²) < 4.78 is 0. The predicted octanol–water partition coefficient (Wildman–Crippen LogP) is 2.04. The molecule has 0 aliphatic carbocycles. The number of carbonyl (C=O) groups is 1. The predicted molar refractivity (Wildman–Crippen MR) is 84.3 cm³/mol. The Balaban J connectivity index is 1.93. The van der Waals surface area contributed by atoms with Gasteiger partial charge in [0.05, 0.1) is 0 Å². The third kappa shape index (κ3) is 4.31. The van der Waals surface area contributed by atoms with Crippen LogP contribution >= 0.6 is 23.5 Å². The lowest BCUT2D eigenvalue weighted by molar-refractivity contribution is 0.0822. The number of aromatic nitrogens is 1. The second kappa shape index (κ2) is 7.05. The van der Waals surface area contributed by atoms with Gasteiger partial charge in [-0.1, -0.05) is 0 Å². The Morgan fingerprint density at radius 1 is 1.53 bits per heavy atom. The standard InChI is InChI=1S/C13H19N3OS2/c1-16(2)13(17)12-7-10(3-4-14-12)15-8-11-9-18-5-6-19-11/h3-4,7,11H,5-6,8-9H2,1-2H3,(H,14,15). The number of hydrogen-bond acceptors (Lipinski definition) is 5. The number of thioether (sulfide) groups is 2. The molecule has 1 aliphatic rings. The minimum Gasteiger partial charge on any atom is -0.384 e. The van der Waals surface area contributed by atoms with Crippen molar-refractivity contribution in [1.29, 1.82) is 0 Å². The van der Waals surface area contributed by atoms with Gasteiger partial charge < -0.3 is 10.2 Å². The Hall–Kier alpha value is -0.880. The molecule has 4 nitrogen and oxygen atoms in total. The Bertz CT molecular complexity index is 434. The van der Waals surface area contributed by atoms with E-state index in [-0.39, 0.29) is 5.91 Å². The van der Waals surface area contributed by atoms with Crippen molar-refractivity contribution in [1.82, 2.24) is 9.88 Å². The largest absolute Gasteiger partial charge is 0.384 e. The van der Waals surface area contributed by atoms with Crippen molar-refractivity contribution >= 4 is 35.1 Å². The molecule has 1 aliphatic heterocycles. The first-order valence-electron chi connectivity index (χ1n) is 6.28. The highest BCUT2D eigenvalue weighted by molar-refractivity contribution is 8.06. The van der Waals surface area contributed by atoms with E-state index >= 15 is 0 Å². The van der Waals surface area contributed by atoms with E-state index in [9.17, 15) is 4.79 Å². The fraction of sp³-hybridized carbons (Fsp3) is 0.538. The minimum atomic E-state index is -0.0637. The molecular formula is C13H19N3OS2. The summed E-state index contributed by atoms with van der Waals surface area (Å²) in [5.74, 6) is 3.63. The molecule has 2 rings (SSSR count). The monoisotopic (exact) mass is 297 g/mol. The van der Waals surface area contributed by atoms with Crippen molar-refractivity contribution in [2.45, 2.75) is 5.25 Å². The number of amides is 1. The molecule has 0 spiro atoms. The highest BCUT2D eigenvalue weighted by atomic mass is 32.2. The number of nitrogens with zero attached hydrogens (tertiary/aromatic N) is 2. The van der Waals surface area contributed by atoms with Crippen LogP contribution in [0.3, 0.4) is 0 Å². The summed E-state index contributed by atoms with van der Waals surface area (Å²) in [6.07, 6.45) is 1.68. The summed E-state index contributed by atoms with van der Waals surface area (Å²) in [4.78, 5) is 17.5. The van der Waals surface area contributed by atoms with Gasteiger partial charge in [-0.3, -0.25) is 9.78 Å². The fourth-order valence-corrected chi connectivity index (χ4v) is 4.38. The molecule has 0 radical (unpaired) electrons. The summed E-state index contributed by atoms with van der Waals surface area (Å²) in [7, 11) is 3.47. The topological polar surface area (TPSA) is 45.2 Å². The van der Waals surface area contributed by atoms with Gasteiger partial charge >= 0.3 is 0 Å². The molecule has 1 aromatic rings. The van der Waals surface area contributed by atoms with Crippen molar-refractivity contribution in [2.75, 3.05) is 43.2 Å². The van der Waals surface area contributed by atoms with Crippen LogP contribution in [0.4, 0.5) is 5.69 Å². The normalized spacial score (nSPS) is 18.9. The minimum absolute atomic E-state index is 0.0637. The lowest BCUT2D eigenvalue weighted by Crippen LogP contribution is -2.24. The lowest BCUT2D eigenvalue weighted by atomic mass is 10.3. The Morgan fingerprint density at radius 2 is 2.37 bits per heavy atom. The van der Waals surface area contributed by atoms with Crippen LogP contribution in [0.5, 0.6) is 0 Å². The van der Waals surface area contributed by atoms with Crippen LogP contribution in [-0.2, 0) is 0 Å². The van der Waals surface area contributed by atoms with Gasteiger partial charge in [0.25, 0.3) is 5.91 Å². The summed E-state index contributed by atoms with van der Waals surface area (Å²) in [6.45, 7) is 0.942. The summed E-state index contributed by atoms with van der Waals surface area (Å²) in [5, 5.41) is 4.06. The summed E-state index contributed by atoms with van der Waals surface area (Å²) in [5.41, 5.74) is 1.46. The zero-order chi connectivity index (χ0) is 13.7. The van der Waals surface area contributed by atoms with Crippen molar-refractivity contribution in [3.05, 3.63) is 24.0 Å². The van der Waals surface area contributed by atoms with Crippen LogP contribution in [0.1, 0.15) is 10.5 Å². The molecule has 1 atom stereocenters. The van der Waals surface area contributed by atoms with Crippen molar-refractivity contribution < 1.29 is 4.79 Å². The molecule has 104 valence electrons. The number of hydrogen-bond donors (Lipinski definition) is 1. The maximum atomic E-state index is 11.8. The summed E-state index contributed by atoms with van der Waals surface area (Å²) >= 11 is 4.04. The van der Waals surface area contributed by atoms with Gasteiger partial charge in [0.15, 0.2) is 0 Å². The van der Waals surface area contributed by atoms with Crippen LogP contribution < -0.4 is 5.32 Å². The van der Waals surface area contributed by atoms with Gasteiger partial charge in [-0.15, -0.1) is 0 Å². The molecule has 6 heteroatoms. The van der Waals surface area contributed by atoms with Crippen molar-refractivity contribution in [3.63, 3.8) is 0 Å². The Labute approximate surface area is 122 Å². The Morgan fingerprint density at radius 3 is 3.05 bits per heavy atom. The first-order valence-corrected chi connectivity index (χ1v) is 8.48. The zero-order valence-corrected chi connectivity index (χ0v) is 12.9. The van der Waals surface area contributed by atoms with E-state index in [2.05, 4.69) is 10.3 Å². The average molecular weight is 297 g/mol. The van der Waals surface area contributed by atoms with E-state index in [1.54, 1.807) is 25.2 Å². The number of anilines is 1. The molecule has 1 fully saturated rings. The van der Waals surface area contributed by atoms with Crippen molar-refractivity contribution in [3.8, 4) is 0 Å². The molecule has 2 heterocycles. The second-order valence-corrected chi connectivity index (χ2v) is 7.14. The van der Waals surface area contributed by atoms with Crippen LogP contribution in [0.15, 0.2) is 18.3 Å². The molecule has 0 saturated carbocycles. The zero-order valence-electron chi connectivity index (χ0n) is 11.3. The number of rotatable bonds is 4. The van der Waals surface area contributed by atoms with Gasteiger partial charge in [-0.25, -0.2) is 0 Å². The highest BCUT2D eigenvalue weighted by Gasteiger charge is 2.14. The van der Waals surface area contributed by atoms with Gasteiger partial charge in [0.1, 0.15) is 5.69 Å². The van der Waals surface area contributed by atoms with Gasteiger partial charge in [0, 0.05) is 55.0 Å². The third-order valence-electron chi connectivity index (χ3n) is 2.80. The molecule has 1 aromatic heterocycles. The average Bonchev–Trinajstić information content (AvgIpc) is 2.45. The molecule has 0 aromatic carbocycles. The molecular weight excluding hydrogens is 278 g/mol. The van der Waals surface area contributed by atoms with Crippen LogP contribution in [0, 0.1) is 0 Å². The fourth-order valence-electron chi connectivity index (χ4n) is 1.77. The first-order chi connectivity index (χ1) is 9.16. The maximum Gasteiger partial charge on any atom is 0.272 e. The lowest BCUT2D eigenvalue weighted by Gasteiger charge is -2.21. The molecule has 19 heavy (non-hydrogen) atoms. The molecule has 1 N–H and O–H groups in total. The molecule has 1 unspecified atom stereocenters. The molecule has 1 saturated heterocycles. The quantitative estimate of drug-likeness (QED) is 0.921. The molecule has 0 bridgehead atoms. The first kappa shape index (κ1) is 14.5. The molecule has 1 amide bonds. The second-order valence-electron chi connectivity index (χ2n) is 4.58.